The number of aromatic nitrogens is 3. The molecule has 4 rings (SSSR count). The molecule has 0 spiro atoms. The Bertz CT molecular complexity index is 1390. The van der Waals surface area contributed by atoms with Crippen molar-refractivity contribution >= 4 is 23.7 Å². The molecule has 3 atom stereocenters. The molecule has 2 aromatic rings. The van der Waals surface area contributed by atoms with E-state index in [0.29, 0.717) is 11.3 Å². The topological polar surface area (TPSA) is 115 Å². The molecule has 15 heteroatoms. The minimum absolute atomic E-state index is 0.137. The van der Waals surface area contributed by atoms with Crippen molar-refractivity contribution < 1.29 is 45.8 Å². The number of likely N-dealkylation sites (tertiary alicyclic amines) is 1. The van der Waals surface area contributed by atoms with E-state index in [2.05, 4.69) is 15.4 Å². The van der Waals surface area contributed by atoms with E-state index in [9.17, 15) is 36.3 Å². The normalized spacial score (nSPS) is 22.2. The number of nitrogens with one attached hydrogen (secondary N) is 1. The molecule has 1 N–H and O–H groups in total. The van der Waals surface area contributed by atoms with E-state index >= 15 is 0 Å². The SMILES string of the molecule is CC(C)(C)OC(=O)N[C@H](c1cn2ncc(CC3CC(C(F)(F)F)N(C(=O)OC(C)(C)C)C3=O)cc2n1)C1CCC(F)(F)CC1. The van der Waals surface area contributed by atoms with Gasteiger partial charge in [-0.3, -0.25) is 4.79 Å². The highest BCUT2D eigenvalue weighted by molar-refractivity contribution is 5.96. The lowest BCUT2D eigenvalue weighted by Gasteiger charge is -2.33. The highest BCUT2D eigenvalue weighted by atomic mass is 19.4. The van der Waals surface area contributed by atoms with Crippen LogP contribution >= 0.6 is 0 Å². The zero-order valence-corrected chi connectivity index (χ0v) is 25.5. The van der Waals surface area contributed by atoms with Crippen molar-refractivity contribution in [1.82, 2.24) is 24.8 Å². The number of halogens is 5. The zero-order chi connectivity index (χ0) is 32.8. The Morgan fingerprint density at radius 3 is 2.25 bits per heavy atom. The van der Waals surface area contributed by atoms with Crippen LogP contribution < -0.4 is 5.32 Å². The zero-order valence-electron chi connectivity index (χ0n) is 25.5. The molecule has 1 saturated heterocycles. The van der Waals surface area contributed by atoms with E-state index in [1.165, 1.54) is 31.5 Å². The Hall–Kier alpha value is -3.52. The van der Waals surface area contributed by atoms with Crippen LogP contribution in [0.25, 0.3) is 5.65 Å². The lowest BCUT2D eigenvalue weighted by atomic mass is 9.81. The molecular formula is C29H38F5N5O5. The van der Waals surface area contributed by atoms with Crippen molar-refractivity contribution in [3.63, 3.8) is 0 Å². The predicted octanol–water partition coefficient (Wildman–Crippen LogP) is 6.38. The minimum atomic E-state index is -4.85. The van der Waals surface area contributed by atoms with Crippen molar-refractivity contribution in [1.29, 1.82) is 0 Å². The quantitative estimate of drug-likeness (QED) is 0.381. The number of carbonyl (C=O) groups is 3. The van der Waals surface area contributed by atoms with Crippen LogP contribution in [0.1, 0.15) is 90.9 Å². The molecule has 44 heavy (non-hydrogen) atoms. The van der Waals surface area contributed by atoms with Crippen molar-refractivity contribution in [3.8, 4) is 0 Å². The fraction of sp³-hybridized carbons (Fsp3) is 0.690. The number of imide groups is 1. The highest BCUT2D eigenvalue weighted by Gasteiger charge is 2.56. The number of nitrogens with zero attached hydrogens (tertiary/aromatic N) is 4. The van der Waals surface area contributed by atoms with E-state index < -0.39 is 65.8 Å². The molecule has 2 fully saturated rings. The number of rotatable bonds is 5. The number of hydrogen-bond donors (Lipinski definition) is 1. The second-order valence-electron chi connectivity index (χ2n) is 13.5. The number of carbonyl (C=O) groups excluding carboxylic acids is 3. The van der Waals surface area contributed by atoms with Gasteiger partial charge in [0.05, 0.1) is 24.1 Å². The van der Waals surface area contributed by atoms with Gasteiger partial charge >= 0.3 is 18.4 Å². The van der Waals surface area contributed by atoms with Crippen molar-refractivity contribution in [2.24, 2.45) is 11.8 Å². The van der Waals surface area contributed by atoms with Crippen LogP contribution in [0.5, 0.6) is 0 Å². The van der Waals surface area contributed by atoms with E-state index in [1.807, 2.05) is 0 Å². The van der Waals surface area contributed by atoms with Gasteiger partial charge in [-0.05, 0) is 84.8 Å². The Kier molecular flexibility index (Phi) is 8.93. The third-order valence-electron chi connectivity index (χ3n) is 7.48. The van der Waals surface area contributed by atoms with Gasteiger partial charge in [0.15, 0.2) is 5.65 Å². The van der Waals surface area contributed by atoms with Crippen LogP contribution in [0.3, 0.4) is 0 Å². The first kappa shape index (κ1) is 33.4. The number of ether oxygens (including phenoxy) is 2. The van der Waals surface area contributed by atoms with Gasteiger partial charge in [0, 0.05) is 18.8 Å². The van der Waals surface area contributed by atoms with Gasteiger partial charge in [0.25, 0.3) is 0 Å². The minimum Gasteiger partial charge on any atom is -0.444 e. The molecule has 0 bridgehead atoms. The summed E-state index contributed by atoms with van der Waals surface area (Å²) >= 11 is 0. The first-order chi connectivity index (χ1) is 20.1. The predicted molar refractivity (Wildman–Crippen MR) is 147 cm³/mol. The van der Waals surface area contributed by atoms with Crippen molar-refractivity contribution in [2.75, 3.05) is 0 Å². The third kappa shape index (κ3) is 8.14. The molecule has 244 valence electrons. The van der Waals surface area contributed by atoms with Gasteiger partial charge < -0.3 is 14.8 Å². The maximum atomic E-state index is 13.9. The molecule has 1 aliphatic heterocycles. The molecule has 2 aliphatic rings. The van der Waals surface area contributed by atoms with Gasteiger partial charge in [0.2, 0.25) is 11.8 Å². The first-order valence-electron chi connectivity index (χ1n) is 14.5. The summed E-state index contributed by atoms with van der Waals surface area (Å²) in [6.45, 7) is 9.54. The van der Waals surface area contributed by atoms with E-state index in [0.717, 1.165) is 0 Å². The second-order valence-corrected chi connectivity index (χ2v) is 13.5. The lowest BCUT2D eigenvalue weighted by molar-refractivity contribution is -0.177. The summed E-state index contributed by atoms with van der Waals surface area (Å²) in [5.41, 5.74) is -0.884. The van der Waals surface area contributed by atoms with Crippen LogP contribution in [-0.4, -0.2) is 66.9 Å². The van der Waals surface area contributed by atoms with Crippen LogP contribution in [0, 0.1) is 11.8 Å². The van der Waals surface area contributed by atoms with E-state index in [4.69, 9.17) is 9.47 Å². The fourth-order valence-corrected chi connectivity index (χ4v) is 5.55. The van der Waals surface area contributed by atoms with E-state index in [-0.39, 0.29) is 48.6 Å². The van der Waals surface area contributed by atoms with Crippen LogP contribution in [0.15, 0.2) is 18.5 Å². The summed E-state index contributed by atoms with van der Waals surface area (Å²) in [4.78, 5) is 43.0. The Balaban J connectivity index is 1.57. The molecule has 0 radical (unpaired) electrons. The van der Waals surface area contributed by atoms with Gasteiger partial charge in [-0.25, -0.2) is 32.8 Å². The number of hydrogen-bond acceptors (Lipinski definition) is 7. The Morgan fingerprint density at radius 1 is 1.07 bits per heavy atom. The third-order valence-corrected chi connectivity index (χ3v) is 7.48. The number of fused-ring (bicyclic) bond motifs is 1. The van der Waals surface area contributed by atoms with Crippen molar-refractivity contribution in [3.05, 3.63) is 29.7 Å². The van der Waals surface area contributed by atoms with Crippen LogP contribution in [0.4, 0.5) is 31.5 Å². The standard InChI is InChI=1S/C29H38F5N5O5/c1-26(2,3)43-24(41)37-22(17-7-9-28(30,31)10-8-17)19-15-38-21(36-19)12-16(14-35-38)11-18-13-20(29(32,33)34)39(23(18)40)25(42)44-27(4,5)6/h12,14-15,17-18,20,22H,7-11,13H2,1-6H3,(H,37,41)/t18?,20?,22-/m0/s1. The average Bonchev–Trinajstić information content (AvgIpc) is 3.41. The fourth-order valence-electron chi connectivity index (χ4n) is 5.55. The maximum absolute atomic E-state index is 13.9. The molecule has 0 aromatic carbocycles. The molecule has 10 nitrogen and oxygen atoms in total. The Labute approximate surface area is 251 Å². The molecule has 1 aliphatic carbocycles. The average molecular weight is 632 g/mol. The molecule has 3 amide bonds. The molecule has 3 heterocycles. The summed E-state index contributed by atoms with van der Waals surface area (Å²) in [7, 11) is 0. The summed E-state index contributed by atoms with van der Waals surface area (Å²) in [6, 6.07) is -1.55. The summed E-state index contributed by atoms with van der Waals surface area (Å²) in [5, 5.41) is 7.05. The molecule has 1 saturated carbocycles. The maximum Gasteiger partial charge on any atom is 0.417 e. The second kappa shape index (κ2) is 11.8. The number of imidazole rings is 1. The lowest BCUT2D eigenvalue weighted by Crippen LogP contribution is -2.48. The number of amides is 3. The number of alkyl carbamates (subject to hydrolysis) is 1. The van der Waals surface area contributed by atoms with E-state index in [1.54, 1.807) is 33.0 Å². The first-order valence-corrected chi connectivity index (χ1v) is 14.5. The van der Waals surface area contributed by atoms with Crippen LogP contribution in [-0.2, 0) is 20.7 Å². The molecule has 2 aromatic heterocycles. The number of alkyl halides is 5. The van der Waals surface area contributed by atoms with Gasteiger partial charge in [-0.15, -0.1) is 0 Å². The van der Waals surface area contributed by atoms with Crippen LogP contribution in [0.2, 0.25) is 0 Å². The molecular weight excluding hydrogens is 593 g/mol. The Morgan fingerprint density at radius 2 is 1.68 bits per heavy atom. The summed E-state index contributed by atoms with van der Waals surface area (Å²) < 4.78 is 81.2. The van der Waals surface area contributed by atoms with Gasteiger partial charge in [0.1, 0.15) is 17.2 Å². The highest BCUT2D eigenvalue weighted by Crippen LogP contribution is 2.42. The van der Waals surface area contributed by atoms with Crippen molar-refractivity contribution in [2.45, 2.75) is 115 Å². The smallest absolute Gasteiger partial charge is 0.417 e. The summed E-state index contributed by atoms with van der Waals surface area (Å²) in [6.07, 6.45) is -5.21. The summed E-state index contributed by atoms with van der Waals surface area (Å²) in [5.74, 6) is -5.32. The largest absolute Gasteiger partial charge is 0.444 e. The monoisotopic (exact) mass is 631 g/mol. The molecule has 2 unspecified atom stereocenters. The van der Waals surface area contributed by atoms with Gasteiger partial charge in [-0.2, -0.15) is 18.3 Å². The van der Waals surface area contributed by atoms with Gasteiger partial charge in [-0.1, -0.05) is 0 Å².